The number of amides is 2. The average molecular weight is 367 g/mol. The highest BCUT2D eigenvalue weighted by molar-refractivity contribution is 5.97. The number of carbonyl (C=O) groups is 2. The fourth-order valence-corrected chi connectivity index (χ4v) is 2.69. The van der Waals surface area contributed by atoms with Crippen molar-refractivity contribution in [2.75, 3.05) is 6.54 Å². The Hall–Kier alpha value is -3.20. The normalized spacial score (nSPS) is 11.5. The lowest BCUT2D eigenvalue weighted by Crippen LogP contribution is -2.47. The molecule has 6 heteroatoms. The summed E-state index contributed by atoms with van der Waals surface area (Å²) in [6, 6.07) is 14.1. The Labute approximate surface area is 158 Å². The van der Waals surface area contributed by atoms with Crippen LogP contribution in [0.3, 0.4) is 0 Å². The van der Waals surface area contributed by atoms with Crippen molar-refractivity contribution in [3.8, 4) is 17.2 Å². The van der Waals surface area contributed by atoms with Crippen molar-refractivity contribution in [3.63, 3.8) is 0 Å². The summed E-state index contributed by atoms with van der Waals surface area (Å²) in [6.07, 6.45) is 0.455. The van der Waals surface area contributed by atoms with E-state index in [1.54, 1.807) is 42.5 Å². The summed E-state index contributed by atoms with van der Waals surface area (Å²) in [5.74, 6) is -0.929. The third-order valence-corrected chi connectivity index (χ3v) is 4.00. The molecule has 140 valence electrons. The van der Waals surface area contributed by atoms with Gasteiger partial charge < -0.3 is 10.6 Å². The molecule has 2 N–H and O–H groups in total. The van der Waals surface area contributed by atoms with Crippen LogP contribution >= 0.6 is 0 Å². The van der Waals surface area contributed by atoms with Crippen LogP contribution in [-0.4, -0.2) is 24.4 Å². The fraction of sp³-hybridized carbons (Fsp3) is 0.286. The highest BCUT2D eigenvalue weighted by Gasteiger charge is 2.22. The van der Waals surface area contributed by atoms with E-state index in [0.717, 1.165) is 0 Å². The van der Waals surface area contributed by atoms with Crippen LogP contribution in [0.25, 0.3) is 11.1 Å². The zero-order chi connectivity index (χ0) is 19.8. The molecular weight excluding hydrogens is 345 g/mol. The molecule has 0 aliphatic rings. The number of nitriles is 1. The van der Waals surface area contributed by atoms with E-state index in [2.05, 4.69) is 10.6 Å². The summed E-state index contributed by atoms with van der Waals surface area (Å²) in [5.41, 5.74) is 1.49. The summed E-state index contributed by atoms with van der Waals surface area (Å²) < 4.78 is 13.9. The van der Waals surface area contributed by atoms with Gasteiger partial charge in [0.1, 0.15) is 18.4 Å². The Morgan fingerprint density at radius 3 is 2.37 bits per heavy atom. The molecule has 2 amide bonds. The maximum Gasteiger partial charge on any atom is 0.251 e. The van der Waals surface area contributed by atoms with E-state index in [1.807, 2.05) is 19.9 Å². The van der Waals surface area contributed by atoms with Gasteiger partial charge in [-0.3, -0.25) is 9.59 Å². The van der Waals surface area contributed by atoms with Gasteiger partial charge in [-0.2, -0.15) is 5.26 Å². The molecule has 0 saturated heterocycles. The molecule has 0 aliphatic carbocycles. The van der Waals surface area contributed by atoms with E-state index in [1.165, 1.54) is 6.07 Å². The first-order valence-corrected chi connectivity index (χ1v) is 8.73. The van der Waals surface area contributed by atoms with Crippen LogP contribution in [-0.2, 0) is 4.79 Å². The second-order valence-corrected chi connectivity index (χ2v) is 6.59. The Kier molecular flexibility index (Phi) is 7.07. The first-order valence-electron chi connectivity index (χ1n) is 8.73. The maximum atomic E-state index is 13.9. The summed E-state index contributed by atoms with van der Waals surface area (Å²) >= 11 is 0. The lowest BCUT2D eigenvalue weighted by atomic mass is 10.0. The average Bonchev–Trinajstić information content (AvgIpc) is 2.65. The van der Waals surface area contributed by atoms with Gasteiger partial charge in [0.2, 0.25) is 5.91 Å². The quantitative estimate of drug-likeness (QED) is 0.737. The molecule has 2 rings (SSSR count). The molecule has 0 spiro atoms. The number of nitrogens with zero attached hydrogens (tertiary/aromatic N) is 1. The van der Waals surface area contributed by atoms with E-state index >= 15 is 0 Å². The Morgan fingerprint density at radius 2 is 1.78 bits per heavy atom. The predicted octanol–water partition coefficient (Wildman–Crippen LogP) is 3.28. The molecule has 0 saturated carbocycles. The molecule has 2 aromatic carbocycles. The van der Waals surface area contributed by atoms with E-state index in [-0.39, 0.29) is 24.2 Å². The Balaban J connectivity index is 2.12. The standard InChI is InChI=1S/C21H22FN3O2/c1-14(2)13-19(21(27)24-12-11-23)25-20(26)16-9-7-15(8-10-16)17-5-3-4-6-18(17)22/h3-10,14,19H,12-13H2,1-2H3,(H,24,27)(H,25,26)/t19-/m0/s1. The van der Waals surface area contributed by atoms with Crippen LogP contribution in [0.4, 0.5) is 4.39 Å². The second-order valence-electron chi connectivity index (χ2n) is 6.59. The summed E-state index contributed by atoms with van der Waals surface area (Å²) in [7, 11) is 0. The van der Waals surface area contributed by atoms with Crippen molar-refractivity contribution < 1.29 is 14.0 Å². The molecule has 0 radical (unpaired) electrons. The maximum absolute atomic E-state index is 13.9. The van der Waals surface area contributed by atoms with E-state index in [0.29, 0.717) is 23.1 Å². The van der Waals surface area contributed by atoms with Gasteiger partial charge >= 0.3 is 0 Å². The number of halogens is 1. The van der Waals surface area contributed by atoms with Crippen molar-refractivity contribution >= 4 is 11.8 Å². The third-order valence-electron chi connectivity index (χ3n) is 4.00. The minimum absolute atomic E-state index is 0.110. The van der Waals surface area contributed by atoms with Gasteiger partial charge in [0.25, 0.3) is 5.91 Å². The van der Waals surface area contributed by atoms with Crippen LogP contribution in [0.15, 0.2) is 48.5 Å². The van der Waals surface area contributed by atoms with Crippen molar-refractivity contribution in [2.24, 2.45) is 5.92 Å². The SMILES string of the molecule is CC(C)C[C@H](NC(=O)c1ccc(-c2ccccc2F)cc1)C(=O)NCC#N. The van der Waals surface area contributed by atoms with E-state index < -0.39 is 11.9 Å². The summed E-state index contributed by atoms with van der Waals surface area (Å²) in [4.78, 5) is 24.7. The van der Waals surface area contributed by atoms with Gasteiger partial charge in [0, 0.05) is 11.1 Å². The highest BCUT2D eigenvalue weighted by Crippen LogP contribution is 2.22. The van der Waals surface area contributed by atoms with Crippen LogP contribution < -0.4 is 10.6 Å². The Bertz CT molecular complexity index is 841. The molecule has 1 atom stereocenters. The van der Waals surface area contributed by atoms with Crippen molar-refractivity contribution in [2.45, 2.75) is 26.3 Å². The molecule has 0 fully saturated rings. The predicted molar refractivity (Wildman–Crippen MR) is 101 cm³/mol. The summed E-state index contributed by atoms with van der Waals surface area (Å²) in [6.45, 7) is 3.78. The molecular formula is C21H22FN3O2. The number of benzene rings is 2. The van der Waals surface area contributed by atoms with Crippen molar-refractivity contribution in [3.05, 3.63) is 59.9 Å². The van der Waals surface area contributed by atoms with Gasteiger partial charge in [-0.25, -0.2) is 4.39 Å². The molecule has 0 unspecified atom stereocenters. The third kappa shape index (κ3) is 5.65. The number of hydrogen-bond donors (Lipinski definition) is 2. The Morgan fingerprint density at radius 1 is 1.11 bits per heavy atom. The first kappa shape index (κ1) is 20.1. The zero-order valence-corrected chi connectivity index (χ0v) is 15.3. The molecule has 0 aromatic heterocycles. The van der Waals surface area contributed by atoms with Crippen molar-refractivity contribution in [1.29, 1.82) is 5.26 Å². The topological polar surface area (TPSA) is 82.0 Å². The monoisotopic (exact) mass is 367 g/mol. The summed E-state index contributed by atoms with van der Waals surface area (Å²) in [5, 5.41) is 13.8. The van der Waals surface area contributed by atoms with Crippen molar-refractivity contribution in [1.82, 2.24) is 10.6 Å². The molecule has 2 aromatic rings. The molecule has 0 aliphatic heterocycles. The lowest BCUT2D eigenvalue weighted by molar-refractivity contribution is -0.123. The van der Waals surface area contributed by atoms with Crippen LogP contribution in [0.5, 0.6) is 0 Å². The van der Waals surface area contributed by atoms with E-state index in [4.69, 9.17) is 5.26 Å². The van der Waals surface area contributed by atoms with Crippen LogP contribution in [0.2, 0.25) is 0 Å². The lowest BCUT2D eigenvalue weighted by Gasteiger charge is -2.19. The minimum Gasteiger partial charge on any atom is -0.341 e. The van der Waals surface area contributed by atoms with Gasteiger partial charge in [-0.05, 0) is 36.1 Å². The van der Waals surface area contributed by atoms with E-state index in [9.17, 15) is 14.0 Å². The number of hydrogen-bond acceptors (Lipinski definition) is 3. The van der Waals surface area contributed by atoms with Gasteiger partial charge in [0.05, 0.1) is 6.07 Å². The number of rotatable bonds is 7. The van der Waals surface area contributed by atoms with Gasteiger partial charge in [0.15, 0.2) is 0 Å². The number of carbonyl (C=O) groups excluding carboxylic acids is 2. The largest absolute Gasteiger partial charge is 0.341 e. The molecule has 0 heterocycles. The highest BCUT2D eigenvalue weighted by atomic mass is 19.1. The molecule has 5 nitrogen and oxygen atoms in total. The minimum atomic E-state index is -0.725. The fourth-order valence-electron chi connectivity index (χ4n) is 2.69. The molecule has 0 bridgehead atoms. The number of nitrogens with one attached hydrogen (secondary N) is 2. The molecule has 27 heavy (non-hydrogen) atoms. The first-order chi connectivity index (χ1) is 12.9. The zero-order valence-electron chi connectivity index (χ0n) is 15.3. The van der Waals surface area contributed by atoms with Gasteiger partial charge in [-0.1, -0.05) is 44.2 Å². The van der Waals surface area contributed by atoms with Crippen LogP contribution in [0, 0.1) is 23.1 Å². The second kappa shape index (κ2) is 9.48. The van der Waals surface area contributed by atoms with Crippen LogP contribution in [0.1, 0.15) is 30.6 Å². The van der Waals surface area contributed by atoms with Gasteiger partial charge in [-0.15, -0.1) is 0 Å². The smallest absolute Gasteiger partial charge is 0.251 e.